The van der Waals surface area contributed by atoms with Gasteiger partial charge in [0.05, 0.1) is 0 Å². The maximum absolute atomic E-state index is 4.60. The molecule has 5 fully saturated rings. The average molecular weight is 957 g/mol. The number of hydrogen-bond donors (Lipinski definition) is 0. The fourth-order valence-corrected chi connectivity index (χ4v) is 7.16. The molecule has 56 heavy (non-hydrogen) atoms. The normalized spacial score (nSPS) is 28.5. The Balaban J connectivity index is 0.000000285. The predicted molar refractivity (Wildman–Crippen MR) is 233 cm³/mol. The molecule has 5 atom stereocenters. The van der Waals surface area contributed by atoms with Gasteiger partial charge in [0.15, 0.2) is 0 Å². The van der Waals surface area contributed by atoms with Crippen LogP contribution in [0.3, 0.4) is 0 Å². The van der Waals surface area contributed by atoms with E-state index >= 15 is 0 Å². The van der Waals surface area contributed by atoms with Crippen molar-refractivity contribution in [3.63, 3.8) is 0 Å². The Labute approximate surface area is 370 Å². The van der Waals surface area contributed by atoms with Gasteiger partial charge < -0.3 is 31.9 Å². The molecule has 6 rings (SSSR count). The minimum atomic E-state index is 0. The van der Waals surface area contributed by atoms with Gasteiger partial charge in [-0.2, -0.15) is 30.6 Å². The molecule has 0 aliphatic carbocycles. The molecule has 14 heteroatoms. The number of allylic oxidation sites excluding steroid dienone is 3. The molecule has 0 radical (unpaired) electrons. The second-order valence-corrected chi connectivity index (χ2v) is 15.3. The molecule has 12 nitrogen and oxygen atoms in total. The van der Waals surface area contributed by atoms with Crippen molar-refractivity contribution in [1.29, 1.82) is 0 Å². The van der Waals surface area contributed by atoms with Gasteiger partial charge in [-0.15, -0.1) is 51.0 Å². The minimum Gasteiger partial charge on any atom is -0.680 e. The second kappa shape index (κ2) is 29.7. The van der Waals surface area contributed by atoms with E-state index in [1.54, 1.807) is 0 Å². The largest absolute Gasteiger partial charge is 1.00 e. The molecule has 0 aromatic carbocycles. The van der Waals surface area contributed by atoms with Crippen LogP contribution in [0.2, 0.25) is 0 Å². The Morgan fingerprint density at radius 2 is 0.714 bits per heavy atom. The Morgan fingerprint density at radius 3 is 0.946 bits per heavy atom. The molecule has 6 heterocycles. The molecular formula is C42H68Ag2N12-4. The van der Waals surface area contributed by atoms with Crippen molar-refractivity contribution >= 4 is 34.3 Å². The maximum atomic E-state index is 4.60. The molecule has 0 N–H and O–H groups in total. The van der Waals surface area contributed by atoms with Crippen molar-refractivity contribution in [1.82, 2.24) is 0 Å². The van der Waals surface area contributed by atoms with Crippen molar-refractivity contribution in [2.75, 3.05) is 39.3 Å². The van der Waals surface area contributed by atoms with Crippen LogP contribution in [0.5, 0.6) is 0 Å². The van der Waals surface area contributed by atoms with E-state index in [1.807, 2.05) is 59.8 Å². The molecule has 0 amide bonds. The van der Waals surface area contributed by atoms with E-state index in [2.05, 4.69) is 62.5 Å². The molecule has 0 spiro atoms. The molecule has 5 saturated heterocycles. The van der Waals surface area contributed by atoms with Crippen molar-refractivity contribution in [2.45, 2.75) is 168 Å². The third-order valence-corrected chi connectivity index (χ3v) is 10.8. The zero-order valence-corrected chi connectivity index (χ0v) is 37.9. The molecule has 6 aliphatic rings. The number of nitrogens with zero attached hydrogens (tertiary/aromatic N) is 12. The van der Waals surface area contributed by atoms with E-state index in [4.69, 9.17) is 0 Å². The van der Waals surface area contributed by atoms with Gasteiger partial charge in [-0.1, -0.05) is 139 Å². The molecule has 0 bridgehead atoms. The third-order valence-electron chi connectivity index (χ3n) is 10.8. The third kappa shape index (κ3) is 19.1. The zero-order valence-electron chi connectivity index (χ0n) is 34.9. The molecule has 5 unspecified atom stereocenters. The smallest absolute Gasteiger partial charge is 0.680 e. The van der Waals surface area contributed by atoms with Gasteiger partial charge >= 0.3 is 44.8 Å². The van der Waals surface area contributed by atoms with Gasteiger partial charge in [0.2, 0.25) is 0 Å². The summed E-state index contributed by atoms with van der Waals surface area (Å²) in [6, 6.07) is 1.49. The fraction of sp³-hybridized carbons (Fsp3) is 0.762. The molecule has 6 aliphatic heterocycles. The van der Waals surface area contributed by atoms with Gasteiger partial charge in [-0.3, -0.25) is 0 Å². The fourth-order valence-electron chi connectivity index (χ4n) is 7.16. The zero-order chi connectivity index (χ0) is 38.4. The van der Waals surface area contributed by atoms with Crippen molar-refractivity contribution in [3.8, 4) is 0 Å². The molecule has 0 saturated carbocycles. The van der Waals surface area contributed by atoms with Crippen LogP contribution in [0.1, 0.15) is 138 Å². The summed E-state index contributed by atoms with van der Waals surface area (Å²) in [7, 11) is 0. The Hall–Kier alpha value is -1.42. The Bertz CT molecular complexity index is 1230. The topological polar surface area (TPSA) is 159 Å². The average Bonchev–Trinajstić information content (AvgIpc) is 3.25. The van der Waals surface area contributed by atoms with Crippen LogP contribution in [0.25, 0.3) is 31.9 Å². The summed E-state index contributed by atoms with van der Waals surface area (Å²) in [5, 5.41) is 53.4. The molecule has 0 aromatic heterocycles. The van der Waals surface area contributed by atoms with Crippen LogP contribution in [-0.4, -0.2) is 104 Å². The monoisotopic (exact) mass is 954 g/mol. The van der Waals surface area contributed by atoms with E-state index in [1.165, 1.54) is 64.2 Å². The summed E-state index contributed by atoms with van der Waals surface area (Å²) in [6.07, 6.45) is 24.1. The second-order valence-electron chi connectivity index (χ2n) is 15.3. The molecule has 322 valence electrons. The summed E-state index contributed by atoms with van der Waals surface area (Å²) < 4.78 is 0. The SMILES string of the molecule is CC(=NN=C(C)C1CCCC[N-]1)C1=CC=CC[N-]1.CC(=NN=C(C)C1CCCC[N-]1)C1CCCC[N-]1.CC(=NN=C(C)C1CCCC[N-]1)C1CCCC[N-]1.[Ag+].[Ag+]. The number of piperidine rings is 5. The predicted octanol–water partition coefficient (Wildman–Crippen LogP) is 10.9. The summed E-state index contributed by atoms with van der Waals surface area (Å²) in [6.45, 7) is 17.8. The first-order chi connectivity index (χ1) is 26.3. The van der Waals surface area contributed by atoms with Crippen LogP contribution in [-0.2, 0) is 44.8 Å². The van der Waals surface area contributed by atoms with Gasteiger partial charge in [-0.05, 0) is 41.5 Å². The van der Waals surface area contributed by atoms with Crippen molar-refractivity contribution in [3.05, 3.63) is 55.8 Å². The summed E-state index contributed by atoms with van der Waals surface area (Å²) in [5.41, 5.74) is 7.05. The quantitative estimate of drug-likeness (QED) is 0.122. The van der Waals surface area contributed by atoms with Crippen molar-refractivity contribution < 1.29 is 44.8 Å². The van der Waals surface area contributed by atoms with E-state index < -0.39 is 0 Å². The van der Waals surface area contributed by atoms with E-state index in [9.17, 15) is 0 Å². The molecular weight excluding hydrogens is 888 g/mol. The standard InChI is InChI=1S/2C14H24N4.C14H20N4.2Ag/c3*1-11(13-7-3-5-9-15-13)17-18-12(2)14-8-4-6-10-16-14;;/h2*13-14H,3-10H2,1-2H3;3,5,7,14H,4,6,8-10H2,1-2H3;;/q3*-2;2*+1. The van der Waals surface area contributed by atoms with Crippen LogP contribution >= 0.6 is 0 Å². The van der Waals surface area contributed by atoms with E-state index in [0.717, 1.165) is 111 Å². The van der Waals surface area contributed by atoms with Gasteiger partial charge in [0, 0.05) is 34.3 Å². The van der Waals surface area contributed by atoms with E-state index in [0.29, 0.717) is 24.2 Å². The summed E-state index contributed by atoms with van der Waals surface area (Å²) in [4.78, 5) is 0. The number of rotatable bonds is 9. The molecule has 0 aromatic rings. The van der Waals surface area contributed by atoms with Crippen molar-refractivity contribution in [2.24, 2.45) is 30.6 Å². The first-order valence-electron chi connectivity index (χ1n) is 21.0. The Morgan fingerprint density at radius 1 is 0.429 bits per heavy atom. The summed E-state index contributed by atoms with van der Waals surface area (Å²) in [5.74, 6) is 0. The van der Waals surface area contributed by atoms with Gasteiger partial charge in [0.25, 0.3) is 0 Å². The van der Waals surface area contributed by atoms with Crippen LogP contribution in [0.4, 0.5) is 0 Å². The minimum absolute atomic E-state index is 0. The first-order valence-corrected chi connectivity index (χ1v) is 21.0. The van der Waals surface area contributed by atoms with Gasteiger partial charge in [-0.25, -0.2) is 0 Å². The van der Waals surface area contributed by atoms with Crippen LogP contribution in [0.15, 0.2) is 54.5 Å². The number of hydrogen-bond acceptors (Lipinski definition) is 6. The first kappa shape index (κ1) is 50.7. The maximum Gasteiger partial charge on any atom is 1.00 e. The van der Waals surface area contributed by atoms with Crippen LogP contribution in [0, 0.1) is 0 Å². The van der Waals surface area contributed by atoms with E-state index in [-0.39, 0.29) is 50.8 Å². The van der Waals surface area contributed by atoms with Crippen LogP contribution < -0.4 is 0 Å². The van der Waals surface area contributed by atoms with Gasteiger partial charge in [0.1, 0.15) is 0 Å². The Kier molecular flexibility index (Phi) is 26.9. The summed E-state index contributed by atoms with van der Waals surface area (Å²) >= 11 is 0.